The number of hydrogen-bond donors (Lipinski definition) is 3. The van der Waals surface area contributed by atoms with Gasteiger partial charge in [-0.3, -0.25) is 9.78 Å². The van der Waals surface area contributed by atoms with Gasteiger partial charge < -0.3 is 20.1 Å². The van der Waals surface area contributed by atoms with Gasteiger partial charge in [0.2, 0.25) is 0 Å². The molecule has 8 nitrogen and oxygen atoms in total. The highest BCUT2D eigenvalue weighted by molar-refractivity contribution is 6.06. The van der Waals surface area contributed by atoms with Crippen molar-refractivity contribution in [3.63, 3.8) is 0 Å². The van der Waals surface area contributed by atoms with E-state index in [0.29, 0.717) is 11.4 Å². The van der Waals surface area contributed by atoms with Crippen molar-refractivity contribution in [3.8, 4) is 0 Å². The normalized spacial score (nSPS) is 17.5. The minimum absolute atomic E-state index is 0.0725. The van der Waals surface area contributed by atoms with Crippen LogP contribution >= 0.6 is 0 Å². The predicted molar refractivity (Wildman–Crippen MR) is 119 cm³/mol. The third kappa shape index (κ3) is 3.32. The maximum atomic E-state index is 13.8. The van der Waals surface area contributed by atoms with Crippen LogP contribution in [0, 0.1) is 0 Å². The molecule has 0 radical (unpaired) electrons. The van der Waals surface area contributed by atoms with Crippen molar-refractivity contribution in [1.82, 2.24) is 14.9 Å². The fraction of sp³-hybridized carbons (Fsp3) is 0.120. The van der Waals surface area contributed by atoms with Gasteiger partial charge in [0.25, 0.3) is 5.91 Å². The van der Waals surface area contributed by atoms with Gasteiger partial charge >= 0.3 is 11.9 Å². The minimum Gasteiger partial charge on any atom is -0.480 e. The lowest BCUT2D eigenvalue weighted by Gasteiger charge is -2.40. The van der Waals surface area contributed by atoms with E-state index in [1.807, 2.05) is 24.3 Å². The van der Waals surface area contributed by atoms with Crippen molar-refractivity contribution in [1.29, 1.82) is 0 Å². The number of aromatic amines is 1. The molecule has 2 aromatic carbocycles. The molecule has 8 heteroatoms. The summed E-state index contributed by atoms with van der Waals surface area (Å²) in [4.78, 5) is 47.0. The number of fused-ring (bicyclic) bond motifs is 3. The van der Waals surface area contributed by atoms with Crippen LogP contribution in [0.4, 0.5) is 0 Å². The number of H-pyrrole nitrogens is 1. The summed E-state index contributed by atoms with van der Waals surface area (Å²) >= 11 is 0. The van der Waals surface area contributed by atoms with E-state index in [2.05, 4.69) is 9.97 Å². The Hall–Kier alpha value is -4.46. The minimum atomic E-state index is -1.26. The number of carboxylic acid groups (broad SMARTS) is 2. The summed E-state index contributed by atoms with van der Waals surface area (Å²) in [5.41, 5.74) is 2.54. The van der Waals surface area contributed by atoms with Crippen LogP contribution in [0.1, 0.15) is 43.7 Å². The fourth-order valence-corrected chi connectivity index (χ4v) is 4.57. The van der Waals surface area contributed by atoms with E-state index in [1.54, 1.807) is 30.5 Å². The zero-order chi connectivity index (χ0) is 23.1. The number of benzene rings is 2. The predicted octanol–water partition coefficient (Wildman–Crippen LogP) is 3.50. The van der Waals surface area contributed by atoms with Crippen LogP contribution in [-0.2, 0) is 11.2 Å². The summed E-state index contributed by atoms with van der Waals surface area (Å²) in [6.45, 7) is 0. The third-order valence-corrected chi connectivity index (χ3v) is 6.01. The number of hydrogen-bond acceptors (Lipinski definition) is 4. The number of carbonyl (C=O) groups is 3. The van der Waals surface area contributed by atoms with Crippen molar-refractivity contribution < 1.29 is 24.6 Å². The summed E-state index contributed by atoms with van der Waals surface area (Å²) in [6, 6.07) is 16.6. The molecule has 0 aliphatic carbocycles. The van der Waals surface area contributed by atoms with E-state index < -0.39 is 29.9 Å². The molecule has 0 saturated carbocycles. The zero-order valence-corrected chi connectivity index (χ0v) is 17.3. The van der Waals surface area contributed by atoms with E-state index in [-0.39, 0.29) is 17.5 Å². The lowest BCUT2D eigenvalue weighted by atomic mass is 9.88. The van der Waals surface area contributed by atoms with Gasteiger partial charge in [0.1, 0.15) is 12.1 Å². The van der Waals surface area contributed by atoms with E-state index in [0.717, 1.165) is 16.5 Å². The number of aromatic carboxylic acids is 1. The van der Waals surface area contributed by atoms with E-state index in [1.165, 1.54) is 23.1 Å². The third-order valence-electron chi connectivity index (χ3n) is 6.01. The molecule has 0 bridgehead atoms. The van der Waals surface area contributed by atoms with Crippen LogP contribution < -0.4 is 0 Å². The molecule has 0 spiro atoms. The summed E-state index contributed by atoms with van der Waals surface area (Å²) in [7, 11) is 0. The summed E-state index contributed by atoms with van der Waals surface area (Å²) in [5.74, 6) is -3.11. The first kappa shape index (κ1) is 20.4. The summed E-state index contributed by atoms with van der Waals surface area (Å²) in [5, 5.41) is 20.6. The van der Waals surface area contributed by atoms with Crippen molar-refractivity contribution in [3.05, 3.63) is 101 Å². The second-order valence-corrected chi connectivity index (χ2v) is 7.84. The molecule has 33 heavy (non-hydrogen) atoms. The smallest absolute Gasteiger partial charge is 0.336 e. The van der Waals surface area contributed by atoms with Crippen LogP contribution in [0.3, 0.4) is 0 Å². The SMILES string of the molecule is O=C(O)c1ccccc1C(=O)N1C(c2ccccn2)c2[nH]c3ccccc3c2C[C@@H]1C(=O)O. The Balaban J connectivity index is 1.76. The number of amides is 1. The monoisotopic (exact) mass is 441 g/mol. The average Bonchev–Trinajstić information content (AvgIpc) is 3.21. The Morgan fingerprint density at radius 1 is 0.909 bits per heavy atom. The fourth-order valence-electron chi connectivity index (χ4n) is 4.57. The molecule has 0 saturated heterocycles. The van der Waals surface area contributed by atoms with Gasteiger partial charge in [0.15, 0.2) is 0 Å². The Labute approximate surface area is 188 Å². The lowest BCUT2D eigenvalue weighted by molar-refractivity contribution is -0.143. The molecule has 164 valence electrons. The molecule has 1 aliphatic heterocycles. The van der Waals surface area contributed by atoms with Crippen LogP contribution in [0.2, 0.25) is 0 Å². The molecule has 4 aromatic rings. The van der Waals surface area contributed by atoms with Crippen LogP contribution in [0.5, 0.6) is 0 Å². The topological polar surface area (TPSA) is 124 Å². The second-order valence-electron chi connectivity index (χ2n) is 7.84. The standard InChI is InChI=1S/C25H19N3O5/c29-23(15-8-1-2-9-16(15)24(30)31)28-20(25(32)33)13-17-14-7-3-4-10-18(14)27-21(17)22(28)19-11-5-6-12-26-19/h1-12,20,22,27H,13H2,(H,30,31)(H,32,33)/t20-,22?/m1/s1. The number of carboxylic acids is 2. The largest absolute Gasteiger partial charge is 0.480 e. The number of aliphatic carboxylic acids is 1. The van der Waals surface area contributed by atoms with Gasteiger partial charge in [0.05, 0.1) is 16.8 Å². The van der Waals surface area contributed by atoms with E-state index in [9.17, 15) is 24.6 Å². The number of nitrogens with zero attached hydrogens (tertiary/aromatic N) is 2. The molecule has 1 unspecified atom stereocenters. The molecule has 3 N–H and O–H groups in total. The average molecular weight is 441 g/mol. The number of aromatic nitrogens is 2. The van der Waals surface area contributed by atoms with Crippen molar-refractivity contribution in [2.45, 2.75) is 18.5 Å². The number of carbonyl (C=O) groups excluding carboxylic acids is 1. The molecular formula is C25H19N3O5. The molecule has 1 aliphatic rings. The van der Waals surface area contributed by atoms with Gasteiger partial charge in [0, 0.05) is 29.2 Å². The highest BCUT2D eigenvalue weighted by Gasteiger charge is 2.45. The van der Waals surface area contributed by atoms with Gasteiger partial charge in [-0.05, 0) is 35.9 Å². The molecule has 2 aromatic heterocycles. The maximum Gasteiger partial charge on any atom is 0.336 e. The lowest BCUT2D eigenvalue weighted by Crippen LogP contribution is -2.52. The van der Waals surface area contributed by atoms with Crippen LogP contribution in [0.15, 0.2) is 72.9 Å². The molecule has 5 rings (SSSR count). The molecule has 0 fully saturated rings. The molecule has 1 amide bonds. The second kappa shape index (κ2) is 7.90. The van der Waals surface area contributed by atoms with E-state index in [4.69, 9.17) is 0 Å². The van der Waals surface area contributed by atoms with Crippen LogP contribution in [0.25, 0.3) is 10.9 Å². The van der Waals surface area contributed by atoms with Gasteiger partial charge in [-0.25, -0.2) is 9.59 Å². The summed E-state index contributed by atoms with van der Waals surface area (Å²) in [6.07, 6.45) is 1.66. The zero-order valence-electron chi connectivity index (χ0n) is 17.3. The number of para-hydroxylation sites is 1. The quantitative estimate of drug-likeness (QED) is 0.445. The highest BCUT2D eigenvalue weighted by Crippen LogP contribution is 2.41. The first-order chi connectivity index (χ1) is 16.0. The highest BCUT2D eigenvalue weighted by atomic mass is 16.4. The first-order valence-corrected chi connectivity index (χ1v) is 10.4. The Morgan fingerprint density at radius 2 is 1.61 bits per heavy atom. The Bertz CT molecular complexity index is 1400. The van der Waals surface area contributed by atoms with E-state index >= 15 is 0 Å². The van der Waals surface area contributed by atoms with Gasteiger partial charge in [-0.15, -0.1) is 0 Å². The Morgan fingerprint density at radius 3 is 2.30 bits per heavy atom. The van der Waals surface area contributed by atoms with Crippen molar-refractivity contribution in [2.24, 2.45) is 0 Å². The number of rotatable bonds is 4. The Kier molecular flexibility index (Phi) is 4.90. The molecule has 2 atom stereocenters. The van der Waals surface area contributed by atoms with Crippen LogP contribution in [-0.4, -0.2) is 49.0 Å². The van der Waals surface area contributed by atoms with Gasteiger partial charge in [-0.2, -0.15) is 0 Å². The number of pyridine rings is 1. The number of nitrogens with one attached hydrogen (secondary N) is 1. The maximum absolute atomic E-state index is 13.8. The summed E-state index contributed by atoms with van der Waals surface area (Å²) < 4.78 is 0. The molecule has 3 heterocycles. The first-order valence-electron chi connectivity index (χ1n) is 10.4. The molecular weight excluding hydrogens is 422 g/mol. The van der Waals surface area contributed by atoms with Crippen molar-refractivity contribution in [2.75, 3.05) is 0 Å². The van der Waals surface area contributed by atoms with Crippen molar-refractivity contribution >= 4 is 28.7 Å². The van der Waals surface area contributed by atoms with Gasteiger partial charge in [-0.1, -0.05) is 36.4 Å².